The van der Waals surface area contributed by atoms with Gasteiger partial charge in [-0.25, -0.2) is 4.98 Å². The van der Waals surface area contributed by atoms with E-state index in [2.05, 4.69) is 30.0 Å². The molecule has 0 fully saturated rings. The molecule has 0 N–H and O–H groups in total. The lowest BCUT2D eigenvalue weighted by Crippen LogP contribution is -2.17. The van der Waals surface area contributed by atoms with Gasteiger partial charge in [0.15, 0.2) is 4.34 Å². The smallest absolute Gasteiger partial charge is 0.320 e. The number of thioether (sulfide) groups is 1. The molecule has 1 aromatic heterocycles. The number of nitrogens with zero attached hydrogens (tertiary/aromatic N) is 2. The molecule has 0 aliphatic rings. The molecule has 4 nitrogen and oxygen atoms in total. The molecular formula is C7H9BrN2O2S2. The molecule has 0 aromatic carbocycles. The predicted octanol–water partition coefficient (Wildman–Crippen LogP) is 1.88. The summed E-state index contributed by atoms with van der Waals surface area (Å²) in [6.07, 6.45) is 0. The average molecular weight is 297 g/mol. The Kier molecular flexibility index (Phi) is 4.83. The molecule has 0 aliphatic heterocycles. The number of aryl methyl sites for hydroxylation is 1. The van der Waals surface area contributed by atoms with Gasteiger partial charge in [0.25, 0.3) is 0 Å². The number of esters is 1. The lowest BCUT2D eigenvalue weighted by molar-refractivity contribution is -0.139. The fourth-order valence-electron chi connectivity index (χ4n) is 0.677. The first-order chi connectivity index (χ1) is 6.63. The minimum absolute atomic E-state index is 0.265. The van der Waals surface area contributed by atoms with Gasteiger partial charge in [-0.2, -0.15) is 4.37 Å². The van der Waals surface area contributed by atoms with E-state index in [0.717, 1.165) is 10.2 Å². The van der Waals surface area contributed by atoms with E-state index in [0.29, 0.717) is 5.75 Å². The first-order valence-electron chi connectivity index (χ1n) is 3.78. The van der Waals surface area contributed by atoms with Gasteiger partial charge in [0, 0.05) is 5.75 Å². The summed E-state index contributed by atoms with van der Waals surface area (Å²) in [4.78, 5) is 14.9. The van der Waals surface area contributed by atoms with E-state index in [9.17, 15) is 4.79 Å². The lowest BCUT2D eigenvalue weighted by atomic mass is 10.5. The van der Waals surface area contributed by atoms with Crippen LogP contribution >= 0.6 is 39.2 Å². The van der Waals surface area contributed by atoms with Gasteiger partial charge in [-0.15, -0.1) is 0 Å². The van der Waals surface area contributed by atoms with Crippen molar-refractivity contribution in [3.63, 3.8) is 0 Å². The maximum Gasteiger partial charge on any atom is 0.320 e. The standard InChI is InChI=1S/C7H9BrN2O2S2/c1-4-9-7(14-10-4)13-3-5(8)6(11)12-2/h5H,3H2,1-2H3. The molecule has 1 aromatic rings. The van der Waals surface area contributed by atoms with Crippen LogP contribution in [0.4, 0.5) is 0 Å². The second kappa shape index (κ2) is 5.67. The van der Waals surface area contributed by atoms with Gasteiger partial charge in [0.1, 0.15) is 10.7 Å². The van der Waals surface area contributed by atoms with E-state index in [1.54, 1.807) is 0 Å². The van der Waals surface area contributed by atoms with Crippen LogP contribution in [0.2, 0.25) is 0 Å². The van der Waals surface area contributed by atoms with E-state index in [1.165, 1.54) is 30.4 Å². The number of carbonyl (C=O) groups is 1. The van der Waals surface area contributed by atoms with Crippen molar-refractivity contribution in [1.82, 2.24) is 9.36 Å². The molecule has 0 bridgehead atoms. The molecule has 0 aliphatic carbocycles. The summed E-state index contributed by atoms with van der Waals surface area (Å²) in [5, 5.41) is 0. The Hall–Kier alpha value is -0.140. The Bertz CT molecular complexity index is 318. The van der Waals surface area contributed by atoms with Gasteiger partial charge in [-0.3, -0.25) is 4.79 Å². The van der Waals surface area contributed by atoms with Gasteiger partial charge in [-0.05, 0) is 18.5 Å². The summed E-state index contributed by atoms with van der Waals surface area (Å²) < 4.78 is 9.48. The number of carbonyl (C=O) groups excluding carboxylic acids is 1. The number of alkyl halides is 1. The third kappa shape index (κ3) is 3.55. The quantitative estimate of drug-likeness (QED) is 0.482. The number of aromatic nitrogens is 2. The summed E-state index contributed by atoms with van der Waals surface area (Å²) in [6, 6.07) is 0. The Labute approximate surface area is 98.7 Å². The van der Waals surface area contributed by atoms with Crippen LogP contribution in [0, 0.1) is 6.92 Å². The minimum Gasteiger partial charge on any atom is -0.468 e. The number of methoxy groups -OCH3 is 1. The largest absolute Gasteiger partial charge is 0.468 e. The van der Waals surface area contributed by atoms with Gasteiger partial charge >= 0.3 is 5.97 Å². The van der Waals surface area contributed by atoms with Crippen molar-refractivity contribution in [3.05, 3.63) is 5.82 Å². The maximum absolute atomic E-state index is 11.0. The molecule has 1 heterocycles. The Balaban J connectivity index is 2.37. The van der Waals surface area contributed by atoms with Crippen molar-refractivity contribution < 1.29 is 9.53 Å². The molecule has 0 amide bonds. The van der Waals surface area contributed by atoms with Crippen LogP contribution in [0.1, 0.15) is 5.82 Å². The molecule has 1 unspecified atom stereocenters. The molecule has 0 saturated carbocycles. The highest BCUT2D eigenvalue weighted by Crippen LogP contribution is 2.22. The van der Waals surface area contributed by atoms with Gasteiger partial charge in [0.05, 0.1) is 7.11 Å². The maximum atomic E-state index is 11.0. The van der Waals surface area contributed by atoms with E-state index in [-0.39, 0.29) is 10.8 Å². The van der Waals surface area contributed by atoms with Crippen LogP contribution < -0.4 is 0 Å². The second-order valence-corrected chi connectivity index (χ2v) is 5.53. The monoisotopic (exact) mass is 296 g/mol. The fraction of sp³-hybridized carbons (Fsp3) is 0.571. The summed E-state index contributed by atoms with van der Waals surface area (Å²) in [5.41, 5.74) is 0. The van der Waals surface area contributed by atoms with Crippen LogP contribution in [-0.4, -0.2) is 33.0 Å². The first-order valence-corrected chi connectivity index (χ1v) is 6.46. The molecule has 1 rings (SSSR count). The second-order valence-electron chi connectivity index (χ2n) is 2.41. The van der Waals surface area contributed by atoms with Crippen molar-refractivity contribution in [1.29, 1.82) is 0 Å². The van der Waals surface area contributed by atoms with Crippen LogP contribution in [0.5, 0.6) is 0 Å². The first kappa shape index (κ1) is 11.9. The normalized spacial score (nSPS) is 12.5. The average Bonchev–Trinajstić information content (AvgIpc) is 2.59. The van der Waals surface area contributed by atoms with Crippen molar-refractivity contribution >= 4 is 45.2 Å². The number of halogens is 1. The molecule has 0 saturated heterocycles. The van der Waals surface area contributed by atoms with Crippen LogP contribution in [-0.2, 0) is 9.53 Å². The Morgan fingerprint density at radius 2 is 2.50 bits per heavy atom. The highest BCUT2D eigenvalue weighted by Gasteiger charge is 2.16. The van der Waals surface area contributed by atoms with Crippen LogP contribution in [0.15, 0.2) is 4.34 Å². The zero-order valence-electron chi connectivity index (χ0n) is 7.69. The van der Waals surface area contributed by atoms with Crippen LogP contribution in [0.25, 0.3) is 0 Å². The molecule has 1 atom stereocenters. The Morgan fingerprint density at radius 1 is 1.79 bits per heavy atom. The van der Waals surface area contributed by atoms with Crippen molar-refractivity contribution in [2.75, 3.05) is 12.9 Å². The molecule has 78 valence electrons. The third-order valence-corrected chi connectivity index (χ3v) is 4.46. The molecule has 14 heavy (non-hydrogen) atoms. The van der Waals surface area contributed by atoms with Crippen molar-refractivity contribution in [3.8, 4) is 0 Å². The lowest BCUT2D eigenvalue weighted by Gasteiger charge is -2.04. The van der Waals surface area contributed by atoms with E-state index in [4.69, 9.17) is 0 Å². The Morgan fingerprint density at radius 3 is 3.00 bits per heavy atom. The third-order valence-electron chi connectivity index (χ3n) is 1.32. The number of hydrogen-bond acceptors (Lipinski definition) is 6. The zero-order chi connectivity index (χ0) is 10.6. The number of hydrogen-bond donors (Lipinski definition) is 0. The zero-order valence-corrected chi connectivity index (χ0v) is 10.9. The van der Waals surface area contributed by atoms with Crippen molar-refractivity contribution in [2.45, 2.75) is 16.1 Å². The van der Waals surface area contributed by atoms with Crippen molar-refractivity contribution in [2.24, 2.45) is 0 Å². The number of rotatable bonds is 4. The molecule has 0 radical (unpaired) electrons. The highest BCUT2D eigenvalue weighted by molar-refractivity contribution is 9.10. The molecule has 0 spiro atoms. The minimum atomic E-state index is -0.290. The topological polar surface area (TPSA) is 52.1 Å². The summed E-state index contributed by atoms with van der Waals surface area (Å²) in [7, 11) is 1.37. The number of ether oxygens (including phenoxy) is 1. The van der Waals surface area contributed by atoms with E-state index in [1.807, 2.05) is 6.92 Å². The van der Waals surface area contributed by atoms with Gasteiger partial charge < -0.3 is 4.74 Å². The molecule has 7 heteroatoms. The SMILES string of the molecule is COC(=O)C(Br)CSc1nc(C)ns1. The van der Waals surface area contributed by atoms with E-state index >= 15 is 0 Å². The predicted molar refractivity (Wildman–Crippen MR) is 60.1 cm³/mol. The molecular weight excluding hydrogens is 288 g/mol. The van der Waals surface area contributed by atoms with Crippen LogP contribution in [0.3, 0.4) is 0 Å². The van der Waals surface area contributed by atoms with E-state index < -0.39 is 0 Å². The fourth-order valence-corrected chi connectivity index (χ4v) is 2.83. The summed E-state index contributed by atoms with van der Waals surface area (Å²) in [5.74, 6) is 1.10. The summed E-state index contributed by atoms with van der Waals surface area (Å²) >= 11 is 6.06. The highest BCUT2D eigenvalue weighted by atomic mass is 79.9. The van der Waals surface area contributed by atoms with Gasteiger partial charge in [-0.1, -0.05) is 27.7 Å². The summed E-state index contributed by atoms with van der Waals surface area (Å²) in [6.45, 7) is 1.84. The van der Waals surface area contributed by atoms with Gasteiger partial charge in [0.2, 0.25) is 0 Å².